The van der Waals surface area contributed by atoms with Crippen LogP contribution in [-0.2, 0) is 4.79 Å². The third-order valence-corrected chi connectivity index (χ3v) is 3.61. The number of aliphatic carboxylic acids is 1. The summed E-state index contributed by atoms with van der Waals surface area (Å²) < 4.78 is 0.703. The summed E-state index contributed by atoms with van der Waals surface area (Å²) in [6.45, 7) is 3.35. The fourth-order valence-electron chi connectivity index (χ4n) is 1.71. The average Bonchev–Trinajstić information content (AvgIpc) is 2.32. The Morgan fingerprint density at radius 2 is 2.11 bits per heavy atom. The van der Waals surface area contributed by atoms with Crippen molar-refractivity contribution in [1.29, 1.82) is 0 Å². The van der Waals surface area contributed by atoms with Crippen molar-refractivity contribution in [3.05, 3.63) is 33.3 Å². The van der Waals surface area contributed by atoms with E-state index in [4.69, 9.17) is 11.6 Å². The van der Waals surface area contributed by atoms with Crippen molar-refractivity contribution < 1.29 is 14.7 Å². The minimum atomic E-state index is -1.29. The van der Waals surface area contributed by atoms with Crippen LogP contribution in [-0.4, -0.2) is 22.5 Å². The molecule has 19 heavy (non-hydrogen) atoms. The number of carboxylic acid groups (broad SMARTS) is 1. The maximum atomic E-state index is 12.1. The molecule has 1 atom stereocenters. The second kappa shape index (κ2) is 6.39. The second-order valence-electron chi connectivity index (χ2n) is 4.47. The highest BCUT2D eigenvalue weighted by Gasteiger charge is 2.34. The molecule has 0 bridgehead atoms. The standard InChI is InChI=1S/C13H15BrClNO3/c1-3-6-13(2,12(18)19)16-11(17)9-7-8(14)4-5-10(9)15/h4-5,7H,3,6H2,1-2H3,(H,16,17)(H,18,19). The molecule has 104 valence electrons. The van der Waals surface area contributed by atoms with Gasteiger partial charge in [0.25, 0.3) is 5.91 Å². The summed E-state index contributed by atoms with van der Waals surface area (Å²) in [5, 5.41) is 12.0. The van der Waals surface area contributed by atoms with Crippen LogP contribution in [0.15, 0.2) is 22.7 Å². The molecule has 0 aliphatic heterocycles. The molecule has 1 aromatic carbocycles. The van der Waals surface area contributed by atoms with E-state index in [9.17, 15) is 14.7 Å². The molecule has 0 saturated heterocycles. The number of carbonyl (C=O) groups excluding carboxylic acids is 1. The SMILES string of the molecule is CCCC(C)(NC(=O)c1cc(Br)ccc1Cl)C(=O)O. The van der Waals surface area contributed by atoms with Gasteiger partial charge in [0.2, 0.25) is 0 Å². The van der Waals surface area contributed by atoms with Crippen molar-refractivity contribution in [1.82, 2.24) is 5.32 Å². The van der Waals surface area contributed by atoms with Gasteiger partial charge in [-0.2, -0.15) is 0 Å². The van der Waals surface area contributed by atoms with Gasteiger partial charge in [0.15, 0.2) is 0 Å². The Morgan fingerprint density at radius 3 is 2.63 bits per heavy atom. The molecule has 0 fully saturated rings. The van der Waals surface area contributed by atoms with E-state index in [0.29, 0.717) is 17.3 Å². The highest BCUT2D eigenvalue weighted by Crippen LogP contribution is 2.22. The summed E-state index contributed by atoms with van der Waals surface area (Å²) in [4.78, 5) is 23.4. The molecule has 0 aliphatic carbocycles. The smallest absolute Gasteiger partial charge is 0.329 e. The zero-order chi connectivity index (χ0) is 14.6. The molecule has 0 aromatic heterocycles. The largest absolute Gasteiger partial charge is 0.480 e. The Hall–Kier alpha value is -1.07. The molecule has 0 aliphatic rings. The first-order valence-corrected chi connectivity index (χ1v) is 6.98. The van der Waals surface area contributed by atoms with Crippen LogP contribution >= 0.6 is 27.5 Å². The quantitative estimate of drug-likeness (QED) is 0.856. The number of hydrogen-bond donors (Lipinski definition) is 2. The van der Waals surface area contributed by atoms with Gasteiger partial charge in [-0.15, -0.1) is 0 Å². The van der Waals surface area contributed by atoms with E-state index in [-0.39, 0.29) is 10.6 Å². The molecular formula is C13H15BrClNO3. The Kier molecular flexibility index (Phi) is 5.38. The van der Waals surface area contributed by atoms with E-state index in [2.05, 4.69) is 21.2 Å². The summed E-state index contributed by atoms with van der Waals surface area (Å²) in [6.07, 6.45) is 0.995. The molecule has 4 nitrogen and oxygen atoms in total. The summed E-state index contributed by atoms with van der Waals surface area (Å²) in [5.41, 5.74) is -1.04. The van der Waals surface area contributed by atoms with Gasteiger partial charge >= 0.3 is 5.97 Å². The van der Waals surface area contributed by atoms with Crippen molar-refractivity contribution in [3.8, 4) is 0 Å². The zero-order valence-electron chi connectivity index (χ0n) is 10.7. The van der Waals surface area contributed by atoms with Crippen molar-refractivity contribution in [3.63, 3.8) is 0 Å². The van der Waals surface area contributed by atoms with Gasteiger partial charge in [-0.3, -0.25) is 4.79 Å². The first kappa shape index (κ1) is 16.0. The van der Waals surface area contributed by atoms with Gasteiger partial charge in [0.1, 0.15) is 5.54 Å². The normalized spacial score (nSPS) is 13.7. The lowest BCUT2D eigenvalue weighted by molar-refractivity contribution is -0.144. The highest BCUT2D eigenvalue weighted by atomic mass is 79.9. The van der Waals surface area contributed by atoms with Crippen molar-refractivity contribution in [2.24, 2.45) is 0 Å². The van der Waals surface area contributed by atoms with Gasteiger partial charge in [-0.05, 0) is 31.5 Å². The first-order chi connectivity index (χ1) is 8.80. The van der Waals surface area contributed by atoms with Gasteiger partial charge in [-0.25, -0.2) is 4.79 Å². The molecule has 0 radical (unpaired) electrons. The van der Waals surface area contributed by atoms with Crippen LogP contribution in [0.3, 0.4) is 0 Å². The molecule has 0 saturated carbocycles. The zero-order valence-corrected chi connectivity index (χ0v) is 13.0. The van der Waals surface area contributed by atoms with Crippen molar-refractivity contribution in [2.45, 2.75) is 32.2 Å². The van der Waals surface area contributed by atoms with E-state index in [1.54, 1.807) is 18.2 Å². The van der Waals surface area contributed by atoms with Crippen LogP contribution in [0.2, 0.25) is 5.02 Å². The predicted octanol–water partition coefficient (Wildman–Crippen LogP) is 3.48. The molecule has 1 unspecified atom stereocenters. The molecule has 1 rings (SSSR count). The fraction of sp³-hybridized carbons (Fsp3) is 0.385. The molecular weight excluding hydrogens is 334 g/mol. The Bertz CT molecular complexity index is 507. The summed E-state index contributed by atoms with van der Waals surface area (Å²) in [5.74, 6) is -1.56. The monoisotopic (exact) mass is 347 g/mol. The predicted molar refractivity (Wildman–Crippen MR) is 77.6 cm³/mol. The maximum absolute atomic E-state index is 12.1. The number of amides is 1. The van der Waals surface area contributed by atoms with Gasteiger partial charge in [0.05, 0.1) is 10.6 Å². The third-order valence-electron chi connectivity index (χ3n) is 2.78. The number of rotatable bonds is 5. The molecule has 0 spiro atoms. The van der Waals surface area contributed by atoms with Crippen LogP contribution in [0.5, 0.6) is 0 Å². The van der Waals surface area contributed by atoms with Crippen LogP contribution < -0.4 is 5.32 Å². The van der Waals surface area contributed by atoms with Gasteiger partial charge < -0.3 is 10.4 Å². The van der Waals surface area contributed by atoms with E-state index < -0.39 is 17.4 Å². The molecule has 1 amide bonds. The fourth-order valence-corrected chi connectivity index (χ4v) is 2.28. The molecule has 0 heterocycles. The average molecular weight is 349 g/mol. The number of benzene rings is 1. The van der Waals surface area contributed by atoms with Crippen LogP contribution in [0, 0.1) is 0 Å². The second-order valence-corrected chi connectivity index (χ2v) is 5.79. The van der Waals surface area contributed by atoms with E-state index in [0.717, 1.165) is 0 Å². The summed E-state index contributed by atoms with van der Waals surface area (Å²) in [7, 11) is 0. The highest BCUT2D eigenvalue weighted by molar-refractivity contribution is 9.10. The molecule has 2 N–H and O–H groups in total. The van der Waals surface area contributed by atoms with Crippen molar-refractivity contribution in [2.75, 3.05) is 0 Å². The Morgan fingerprint density at radius 1 is 1.47 bits per heavy atom. The van der Waals surface area contributed by atoms with Gasteiger partial charge in [-0.1, -0.05) is 40.9 Å². The van der Waals surface area contributed by atoms with Crippen molar-refractivity contribution >= 4 is 39.4 Å². The van der Waals surface area contributed by atoms with Crippen LogP contribution in [0.4, 0.5) is 0 Å². The minimum Gasteiger partial charge on any atom is -0.480 e. The topological polar surface area (TPSA) is 66.4 Å². The Balaban J connectivity index is 3.00. The lowest BCUT2D eigenvalue weighted by Gasteiger charge is -2.26. The van der Waals surface area contributed by atoms with E-state index >= 15 is 0 Å². The number of halogens is 2. The lowest BCUT2D eigenvalue weighted by Crippen LogP contribution is -2.52. The lowest BCUT2D eigenvalue weighted by atomic mass is 9.96. The first-order valence-electron chi connectivity index (χ1n) is 5.81. The molecule has 6 heteroatoms. The minimum absolute atomic E-state index is 0.250. The maximum Gasteiger partial charge on any atom is 0.329 e. The number of hydrogen-bond acceptors (Lipinski definition) is 2. The van der Waals surface area contributed by atoms with E-state index in [1.807, 2.05) is 6.92 Å². The number of nitrogens with one attached hydrogen (secondary N) is 1. The van der Waals surface area contributed by atoms with Crippen LogP contribution in [0.25, 0.3) is 0 Å². The third kappa shape index (κ3) is 3.94. The summed E-state index contributed by atoms with van der Waals surface area (Å²) in [6, 6.07) is 4.85. The molecule has 1 aromatic rings. The summed E-state index contributed by atoms with van der Waals surface area (Å²) >= 11 is 9.20. The van der Waals surface area contributed by atoms with Crippen LogP contribution in [0.1, 0.15) is 37.0 Å². The number of carboxylic acids is 1. The number of carbonyl (C=O) groups is 2. The Labute approximate surface area is 125 Å². The van der Waals surface area contributed by atoms with E-state index in [1.165, 1.54) is 6.92 Å². The van der Waals surface area contributed by atoms with Gasteiger partial charge in [0, 0.05) is 4.47 Å².